The predicted octanol–water partition coefficient (Wildman–Crippen LogP) is 6.27. The van der Waals surface area contributed by atoms with Gasteiger partial charge in [0.2, 0.25) is 5.91 Å². The standard InChI is InChI=1S/C32H32FN3O2/c1-32(2,3)26-14-16-28(17-15-26)36(31(38)24-10-5-4-6-11-24)29(25-12-8-19-34-22-25)30(37)35-20-18-23-9-7-13-27(33)21-23/h4-17,19,21-22,29H,18,20H2,1-3H3,(H,35,37). The van der Waals surface area contributed by atoms with Crippen LogP contribution >= 0.6 is 0 Å². The van der Waals surface area contributed by atoms with E-state index < -0.39 is 6.04 Å². The molecule has 0 saturated carbocycles. The molecule has 0 fully saturated rings. The highest BCUT2D eigenvalue weighted by molar-refractivity contribution is 6.10. The molecule has 0 aliphatic rings. The molecular weight excluding hydrogens is 477 g/mol. The lowest BCUT2D eigenvalue weighted by Crippen LogP contribution is -2.44. The molecule has 5 nitrogen and oxygen atoms in total. The van der Waals surface area contributed by atoms with Gasteiger partial charge in [-0.15, -0.1) is 0 Å². The number of carbonyl (C=O) groups excluding carboxylic acids is 2. The highest BCUT2D eigenvalue weighted by atomic mass is 19.1. The van der Waals surface area contributed by atoms with Crippen molar-refractivity contribution in [2.45, 2.75) is 38.6 Å². The molecule has 3 aromatic carbocycles. The average Bonchev–Trinajstić information content (AvgIpc) is 2.92. The summed E-state index contributed by atoms with van der Waals surface area (Å²) in [6, 6.07) is 25.5. The Morgan fingerprint density at radius 3 is 2.29 bits per heavy atom. The molecule has 1 atom stereocenters. The predicted molar refractivity (Wildman–Crippen MR) is 148 cm³/mol. The number of hydrogen-bond acceptors (Lipinski definition) is 3. The van der Waals surface area contributed by atoms with Crippen molar-refractivity contribution in [1.29, 1.82) is 0 Å². The molecule has 4 rings (SSSR count). The van der Waals surface area contributed by atoms with Crippen molar-refractivity contribution < 1.29 is 14.0 Å². The molecule has 1 unspecified atom stereocenters. The van der Waals surface area contributed by atoms with Crippen molar-refractivity contribution in [3.8, 4) is 0 Å². The number of hydrogen-bond donors (Lipinski definition) is 1. The van der Waals surface area contributed by atoms with Crippen LogP contribution < -0.4 is 10.2 Å². The van der Waals surface area contributed by atoms with Gasteiger partial charge in [0.05, 0.1) is 0 Å². The summed E-state index contributed by atoms with van der Waals surface area (Å²) in [7, 11) is 0. The number of amides is 2. The summed E-state index contributed by atoms with van der Waals surface area (Å²) in [5.41, 5.74) is 3.47. The fourth-order valence-electron chi connectivity index (χ4n) is 4.30. The van der Waals surface area contributed by atoms with Crippen LogP contribution in [0.5, 0.6) is 0 Å². The van der Waals surface area contributed by atoms with Crippen LogP contribution in [0, 0.1) is 5.82 Å². The maximum absolute atomic E-state index is 14.0. The highest BCUT2D eigenvalue weighted by Crippen LogP contribution is 2.32. The minimum absolute atomic E-state index is 0.0656. The third-order valence-corrected chi connectivity index (χ3v) is 6.36. The van der Waals surface area contributed by atoms with Gasteiger partial charge in [-0.25, -0.2) is 4.39 Å². The summed E-state index contributed by atoms with van der Waals surface area (Å²) >= 11 is 0. The first-order valence-corrected chi connectivity index (χ1v) is 12.7. The number of carbonyl (C=O) groups is 2. The van der Waals surface area contributed by atoms with Crippen molar-refractivity contribution in [2.24, 2.45) is 0 Å². The van der Waals surface area contributed by atoms with Crippen LogP contribution in [0.4, 0.5) is 10.1 Å². The van der Waals surface area contributed by atoms with E-state index in [1.54, 1.807) is 54.9 Å². The van der Waals surface area contributed by atoms with Crippen LogP contribution in [0.3, 0.4) is 0 Å². The van der Waals surface area contributed by atoms with E-state index in [2.05, 4.69) is 31.1 Å². The maximum Gasteiger partial charge on any atom is 0.259 e. The van der Waals surface area contributed by atoms with Gasteiger partial charge in [0.1, 0.15) is 11.9 Å². The minimum Gasteiger partial charge on any atom is -0.354 e. The van der Waals surface area contributed by atoms with Crippen LogP contribution in [-0.2, 0) is 16.6 Å². The Balaban J connectivity index is 1.71. The number of rotatable bonds is 8. The van der Waals surface area contributed by atoms with Crippen LogP contribution in [0.1, 0.15) is 53.9 Å². The Kier molecular flexibility index (Phi) is 8.31. The molecule has 1 N–H and O–H groups in total. The average molecular weight is 510 g/mol. The lowest BCUT2D eigenvalue weighted by Gasteiger charge is -2.32. The van der Waals surface area contributed by atoms with Crippen molar-refractivity contribution in [3.05, 3.63) is 131 Å². The summed E-state index contributed by atoms with van der Waals surface area (Å²) < 4.78 is 13.6. The minimum atomic E-state index is -0.968. The molecule has 2 amide bonds. The molecule has 6 heteroatoms. The van der Waals surface area contributed by atoms with E-state index in [1.807, 2.05) is 36.4 Å². The smallest absolute Gasteiger partial charge is 0.259 e. The zero-order valence-electron chi connectivity index (χ0n) is 21.9. The van der Waals surface area contributed by atoms with E-state index in [0.717, 1.165) is 11.1 Å². The lowest BCUT2D eigenvalue weighted by atomic mass is 9.87. The molecule has 0 radical (unpaired) electrons. The number of halogens is 1. The van der Waals surface area contributed by atoms with Gasteiger partial charge in [0, 0.05) is 35.8 Å². The third kappa shape index (κ3) is 6.51. The second-order valence-corrected chi connectivity index (χ2v) is 10.2. The van der Waals surface area contributed by atoms with Gasteiger partial charge in [-0.2, -0.15) is 0 Å². The zero-order valence-corrected chi connectivity index (χ0v) is 21.9. The fraction of sp³-hybridized carbons (Fsp3) is 0.219. The van der Waals surface area contributed by atoms with Crippen LogP contribution in [0.15, 0.2) is 103 Å². The molecule has 1 aromatic heterocycles. The summed E-state index contributed by atoms with van der Waals surface area (Å²) in [5.74, 6) is -0.970. The van der Waals surface area contributed by atoms with E-state index >= 15 is 0 Å². The second-order valence-electron chi connectivity index (χ2n) is 10.2. The molecular formula is C32H32FN3O2. The zero-order chi connectivity index (χ0) is 27.1. The van der Waals surface area contributed by atoms with Crippen LogP contribution in [0.2, 0.25) is 0 Å². The molecule has 0 saturated heterocycles. The topological polar surface area (TPSA) is 62.3 Å². The Morgan fingerprint density at radius 1 is 0.921 bits per heavy atom. The number of nitrogens with one attached hydrogen (secondary N) is 1. The number of aromatic nitrogens is 1. The van der Waals surface area contributed by atoms with Gasteiger partial charge in [-0.3, -0.25) is 19.5 Å². The van der Waals surface area contributed by atoms with E-state index in [1.165, 1.54) is 17.0 Å². The Labute approximate surface area is 223 Å². The molecule has 0 spiro atoms. The Hall–Kier alpha value is -4.32. The summed E-state index contributed by atoms with van der Waals surface area (Å²) in [6.45, 7) is 6.66. The van der Waals surface area contributed by atoms with Crippen molar-refractivity contribution in [2.75, 3.05) is 11.4 Å². The van der Waals surface area contributed by atoms with Crippen molar-refractivity contribution in [1.82, 2.24) is 10.3 Å². The molecule has 194 valence electrons. The normalized spacial score (nSPS) is 12.0. The highest BCUT2D eigenvalue weighted by Gasteiger charge is 2.33. The molecule has 38 heavy (non-hydrogen) atoms. The lowest BCUT2D eigenvalue weighted by molar-refractivity contribution is -0.122. The second kappa shape index (κ2) is 11.8. The molecule has 0 aliphatic heterocycles. The van der Waals surface area contributed by atoms with Gasteiger partial charge in [0.25, 0.3) is 5.91 Å². The summed E-state index contributed by atoms with van der Waals surface area (Å²) in [4.78, 5) is 33.5. The molecule has 4 aromatic rings. The van der Waals surface area contributed by atoms with Gasteiger partial charge in [-0.05, 0) is 65.4 Å². The molecule has 1 heterocycles. The van der Waals surface area contributed by atoms with E-state index in [-0.39, 0.29) is 29.6 Å². The van der Waals surface area contributed by atoms with E-state index in [0.29, 0.717) is 23.2 Å². The Bertz CT molecular complexity index is 1370. The summed E-state index contributed by atoms with van der Waals surface area (Å²) in [6.07, 6.45) is 3.69. The van der Waals surface area contributed by atoms with Crippen molar-refractivity contribution in [3.63, 3.8) is 0 Å². The summed E-state index contributed by atoms with van der Waals surface area (Å²) in [5, 5.41) is 2.96. The van der Waals surface area contributed by atoms with Gasteiger partial charge in [-0.1, -0.05) is 69.3 Å². The first-order chi connectivity index (χ1) is 18.2. The number of pyridine rings is 1. The van der Waals surface area contributed by atoms with Gasteiger partial charge < -0.3 is 5.32 Å². The maximum atomic E-state index is 14.0. The third-order valence-electron chi connectivity index (χ3n) is 6.36. The molecule has 0 bridgehead atoms. The SMILES string of the molecule is CC(C)(C)c1ccc(N(C(=O)c2ccccc2)C(C(=O)NCCc2cccc(F)c2)c2cccnc2)cc1. The van der Waals surface area contributed by atoms with Crippen molar-refractivity contribution >= 4 is 17.5 Å². The Morgan fingerprint density at radius 2 is 1.66 bits per heavy atom. The van der Waals surface area contributed by atoms with E-state index in [9.17, 15) is 14.0 Å². The number of nitrogens with zero attached hydrogens (tertiary/aromatic N) is 2. The number of benzene rings is 3. The largest absolute Gasteiger partial charge is 0.354 e. The monoisotopic (exact) mass is 509 g/mol. The first kappa shape index (κ1) is 26.7. The molecule has 0 aliphatic carbocycles. The number of anilines is 1. The van der Waals surface area contributed by atoms with Crippen LogP contribution in [-0.4, -0.2) is 23.3 Å². The van der Waals surface area contributed by atoms with Gasteiger partial charge in [0.15, 0.2) is 0 Å². The first-order valence-electron chi connectivity index (χ1n) is 12.7. The van der Waals surface area contributed by atoms with E-state index in [4.69, 9.17) is 0 Å². The fourth-order valence-corrected chi connectivity index (χ4v) is 4.30. The quantitative estimate of drug-likeness (QED) is 0.305. The van der Waals surface area contributed by atoms with Gasteiger partial charge >= 0.3 is 0 Å². The van der Waals surface area contributed by atoms with Crippen LogP contribution in [0.25, 0.3) is 0 Å².